The normalized spacial score (nSPS) is 12.4. The molecule has 1 aromatic heterocycles. The SMILES string of the molecule is COc1ccccc1C[C@@H](C)N(C)Cc1[nH]cc(C)c(=O)c1C. The van der Waals surface area contributed by atoms with Gasteiger partial charge in [-0.15, -0.1) is 0 Å². The number of likely N-dealkylation sites (N-methyl/N-ethyl adjacent to an activating group) is 1. The minimum Gasteiger partial charge on any atom is -0.496 e. The van der Waals surface area contributed by atoms with E-state index in [1.807, 2.05) is 32.0 Å². The third kappa shape index (κ3) is 4.02. The number of para-hydroxylation sites is 1. The first-order valence-corrected chi connectivity index (χ1v) is 7.94. The quantitative estimate of drug-likeness (QED) is 0.891. The van der Waals surface area contributed by atoms with Crippen molar-refractivity contribution in [3.05, 3.63) is 63.1 Å². The van der Waals surface area contributed by atoms with Crippen molar-refractivity contribution in [2.24, 2.45) is 0 Å². The Morgan fingerprint density at radius 2 is 1.96 bits per heavy atom. The van der Waals surface area contributed by atoms with E-state index in [2.05, 4.69) is 29.9 Å². The fraction of sp³-hybridized carbons (Fsp3) is 0.421. The van der Waals surface area contributed by atoms with Crippen molar-refractivity contribution < 1.29 is 4.74 Å². The van der Waals surface area contributed by atoms with Gasteiger partial charge in [-0.2, -0.15) is 0 Å². The van der Waals surface area contributed by atoms with Crippen LogP contribution >= 0.6 is 0 Å². The number of rotatable bonds is 6. The highest BCUT2D eigenvalue weighted by Gasteiger charge is 2.15. The molecule has 4 heteroatoms. The Morgan fingerprint density at radius 1 is 1.26 bits per heavy atom. The van der Waals surface area contributed by atoms with Crippen LogP contribution < -0.4 is 10.2 Å². The van der Waals surface area contributed by atoms with Gasteiger partial charge in [-0.05, 0) is 45.9 Å². The maximum Gasteiger partial charge on any atom is 0.187 e. The molecule has 0 spiro atoms. The maximum absolute atomic E-state index is 12.1. The van der Waals surface area contributed by atoms with E-state index in [0.717, 1.165) is 35.5 Å². The van der Waals surface area contributed by atoms with Gasteiger partial charge in [0.15, 0.2) is 5.43 Å². The predicted octanol–water partition coefficient (Wildman–Crippen LogP) is 3.06. The molecular formula is C19H26N2O2. The van der Waals surface area contributed by atoms with Crippen molar-refractivity contribution in [3.63, 3.8) is 0 Å². The van der Waals surface area contributed by atoms with E-state index in [1.54, 1.807) is 13.3 Å². The zero-order valence-corrected chi connectivity index (χ0v) is 14.6. The van der Waals surface area contributed by atoms with Gasteiger partial charge >= 0.3 is 0 Å². The minimum atomic E-state index is 0.129. The topological polar surface area (TPSA) is 45.3 Å². The molecule has 23 heavy (non-hydrogen) atoms. The van der Waals surface area contributed by atoms with Gasteiger partial charge in [-0.3, -0.25) is 9.69 Å². The number of aromatic amines is 1. The fourth-order valence-electron chi connectivity index (χ4n) is 2.72. The molecule has 0 aliphatic rings. The number of methoxy groups -OCH3 is 1. The summed E-state index contributed by atoms with van der Waals surface area (Å²) in [6.45, 7) is 6.63. The molecule has 0 unspecified atom stereocenters. The van der Waals surface area contributed by atoms with Gasteiger partial charge in [-0.1, -0.05) is 18.2 Å². The highest BCUT2D eigenvalue weighted by atomic mass is 16.5. The summed E-state index contributed by atoms with van der Waals surface area (Å²) in [6.07, 6.45) is 2.69. The summed E-state index contributed by atoms with van der Waals surface area (Å²) in [5.74, 6) is 0.924. The summed E-state index contributed by atoms with van der Waals surface area (Å²) in [7, 11) is 3.78. The van der Waals surface area contributed by atoms with E-state index < -0.39 is 0 Å². The first-order chi connectivity index (χ1) is 10.9. The van der Waals surface area contributed by atoms with Crippen LogP contribution in [0.1, 0.15) is 29.3 Å². The Bertz CT molecular complexity index is 722. The van der Waals surface area contributed by atoms with E-state index >= 15 is 0 Å². The van der Waals surface area contributed by atoms with Crippen molar-refractivity contribution in [3.8, 4) is 5.75 Å². The number of nitrogens with one attached hydrogen (secondary N) is 1. The van der Waals surface area contributed by atoms with E-state index in [-0.39, 0.29) is 5.43 Å². The molecule has 0 radical (unpaired) electrons. The lowest BCUT2D eigenvalue weighted by molar-refractivity contribution is 0.243. The monoisotopic (exact) mass is 314 g/mol. The lowest BCUT2D eigenvalue weighted by Crippen LogP contribution is -2.32. The van der Waals surface area contributed by atoms with Gasteiger partial charge in [-0.25, -0.2) is 0 Å². The van der Waals surface area contributed by atoms with Crippen LogP contribution in [-0.2, 0) is 13.0 Å². The molecule has 0 saturated heterocycles. The van der Waals surface area contributed by atoms with Gasteiger partial charge < -0.3 is 9.72 Å². The lowest BCUT2D eigenvalue weighted by Gasteiger charge is -2.26. The molecule has 0 saturated carbocycles. The number of hydrogen-bond donors (Lipinski definition) is 1. The maximum atomic E-state index is 12.1. The summed E-state index contributed by atoms with van der Waals surface area (Å²) in [5.41, 5.74) is 3.88. The summed E-state index contributed by atoms with van der Waals surface area (Å²) in [4.78, 5) is 17.6. The molecule has 1 atom stereocenters. The van der Waals surface area contributed by atoms with Crippen LogP contribution in [0.4, 0.5) is 0 Å². The highest BCUT2D eigenvalue weighted by Crippen LogP contribution is 2.20. The largest absolute Gasteiger partial charge is 0.496 e. The van der Waals surface area contributed by atoms with E-state index in [4.69, 9.17) is 4.74 Å². The van der Waals surface area contributed by atoms with Crippen LogP contribution in [0.25, 0.3) is 0 Å². The summed E-state index contributed by atoms with van der Waals surface area (Å²) in [5, 5.41) is 0. The molecule has 2 rings (SSSR count). The molecule has 4 nitrogen and oxygen atoms in total. The van der Waals surface area contributed by atoms with Crippen molar-refractivity contribution in [2.45, 2.75) is 39.8 Å². The molecule has 0 amide bonds. The van der Waals surface area contributed by atoms with Crippen LogP contribution in [-0.4, -0.2) is 30.1 Å². The Balaban J connectivity index is 2.10. The molecule has 0 bridgehead atoms. The Kier molecular flexibility index (Phi) is 5.61. The first-order valence-electron chi connectivity index (χ1n) is 7.94. The number of aromatic nitrogens is 1. The second-order valence-electron chi connectivity index (χ2n) is 6.18. The standard InChI is InChI=1S/C19H26N2O2/c1-13-11-20-17(15(3)19(13)22)12-21(4)14(2)10-16-8-6-7-9-18(16)23-5/h6-9,11,14H,10,12H2,1-5H3,(H,20,22)/t14-/m1/s1. The summed E-state index contributed by atoms with van der Waals surface area (Å²) in [6, 6.07) is 8.44. The van der Waals surface area contributed by atoms with Crippen LogP contribution in [0, 0.1) is 13.8 Å². The Morgan fingerprint density at radius 3 is 2.65 bits per heavy atom. The zero-order valence-electron chi connectivity index (χ0n) is 14.6. The van der Waals surface area contributed by atoms with E-state index in [0.29, 0.717) is 6.04 Å². The Hall–Kier alpha value is -2.07. The fourth-order valence-corrected chi connectivity index (χ4v) is 2.72. The third-order valence-electron chi connectivity index (χ3n) is 4.48. The average Bonchev–Trinajstić information content (AvgIpc) is 2.55. The van der Waals surface area contributed by atoms with Crippen molar-refractivity contribution >= 4 is 0 Å². The smallest absolute Gasteiger partial charge is 0.187 e. The minimum absolute atomic E-state index is 0.129. The average molecular weight is 314 g/mol. The van der Waals surface area contributed by atoms with Crippen LogP contribution in [0.2, 0.25) is 0 Å². The number of H-pyrrole nitrogens is 1. The molecule has 1 N–H and O–H groups in total. The number of ether oxygens (including phenoxy) is 1. The van der Waals surface area contributed by atoms with Crippen molar-refractivity contribution in [1.29, 1.82) is 0 Å². The highest BCUT2D eigenvalue weighted by molar-refractivity contribution is 5.33. The van der Waals surface area contributed by atoms with Gasteiger partial charge in [0, 0.05) is 35.6 Å². The molecule has 1 aromatic carbocycles. The van der Waals surface area contributed by atoms with Crippen molar-refractivity contribution in [1.82, 2.24) is 9.88 Å². The van der Waals surface area contributed by atoms with Gasteiger partial charge in [0.1, 0.15) is 5.75 Å². The van der Waals surface area contributed by atoms with Crippen LogP contribution in [0.15, 0.2) is 35.3 Å². The molecule has 2 aromatic rings. The number of aryl methyl sites for hydroxylation is 1. The lowest BCUT2D eigenvalue weighted by atomic mass is 10.0. The molecule has 1 heterocycles. The first kappa shape index (κ1) is 17.3. The molecule has 124 valence electrons. The van der Waals surface area contributed by atoms with E-state index in [9.17, 15) is 4.79 Å². The number of benzene rings is 1. The second kappa shape index (κ2) is 7.47. The van der Waals surface area contributed by atoms with Crippen molar-refractivity contribution in [2.75, 3.05) is 14.2 Å². The molecule has 0 aliphatic carbocycles. The number of pyridine rings is 1. The van der Waals surface area contributed by atoms with Gasteiger partial charge in [0.05, 0.1) is 7.11 Å². The Labute approximate surface area is 138 Å². The van der Waals surface area contributed by atoms with E-state index in [1.165, 1.54) is 5.56 Å². The van der Waals surface area contributed by atoms with Gasteiger partial charge in [0.25, 0.3) is 0 Å². The molecular weight excluding hydrogens is 288 g/mol. The molecule has 0 fully saturated rings. The second-order valence-corrected chi connectivity index (χ2v) is 6.18. The summed E-state index contributed by atoms with van der Waals surface area (Å²) >= 11 is 0. The summed E-state index contributed by atoms with van der Waals surface area (Å²) < 4.78 is 5.43. The third-order valence-corrected chi connectivity index (χ3v) is 4.48. The predicted molar refractivity (Wildman–Crippen MR) is 94.2 cm³/mol. The van der Waals surface area contributed by atoms with Gasteiger partial charge in [0.2, 0.25) is 0 Å². The molecule has 0 aliphatic heterocycles. The number of nitrogens with zero attached hydrogens (tertiary/aromatic N) is 1. The zero-order chi connectivity index (χ0) is 17.0. The van der Waals surface area contributed by atoms with Crippen LogP contribution in [0.5, 0.6) is 5.75 Å². The number of hydrogen-bond acceptors (Lipinski definition) is 3. The van der Waals surface area contributed by atoms with Crippen LogP contribution in [0.3, 0.4) is 0 Å².